The van der Waals surface area contributed by atoms with Crippen LogP contribution in [0.2, 0.25) is 0 Å². The van der Waals surface area contributed by atoms with Crippen molar-refractivity contribution in [1.29, 1.82) is 0 Å². The van der Waals surface area contributed by atoms with Crippen LogP contribution in [0.25, 0.3) is 0 Å². The molecule has 0 aliphatic rings. The summed E-state index contributed by atoms with van der Waals surface area (Å²) in [5.74, 6) is 4.06. The zero-order valence-electron chi connectivity index (χ0n) is 10.1. The molecule has 0 saturated heterocycles. The van der Waals surface area contributed by atoms with Crippen LogP contribution in [0.1, 0.15) is 21.6 Å². The Balaban J connectivity index is 2.40. The second kappa shape index (κ2) is 5.33. The first kappa shape index (κ1) is 13.4. The maximum Gasteiger partial charge on any atom is 0.307 e. The normalized spacial score (nSPS) is 10.5. The quantitative estimate of drug-likeness (QED) is 0.501. The number of benzene rings is 1. The molecular formula is C12H12FN3O2S. The predicted molar refractivity (Wildman–Crippen MR) is 70.5 cm³/mol. The molecule has 0 atom stereocenters. The maximum absolute atomic E-state index is 13.7. The van der Waals surface area contributed by atoms with Crippen LogP contribution in [-0.2, 0) is 6.54 Å². The van der Waals surface area contributed by atoms with Gasteiger partial charge >= 0.3 is 4.87 Å². The largest absolute Gasteiger partial charge is 0.307 e. The topological polar surface area (TPSA) is 77.1 Å². The molecule has 0 saturated carbocycles. The standard InChI is InChI=1S/C12H12FN3O2S/c1-7-6-19-12(18)16(7)5-9-4-8(11(17)15-14)2-3-10(9)13/h2-4,6H,5,14H2,1H3,(H,15,17). The summed E-state index contributed by atoms with van der Waals surface area (Å²) in [6.07, 6.45) is 0. The molecule has 0 spiro atoms. The molecule has 19 heavy (non-hydrogen) atoms. The summed E-state index contributed by atoms with van der Waals surface area (Å²) < 4.78 is 15.2. The third-order valence-corrected chi connectivity index (χ3v) is 3.62. The SMILES string of the molecule is Cc1csc(=O)n1Cc1cc(C(=O)NN)ccc1F. The summed E-state index contributed by atoms with van der Waals surface area (Å²) in [4.78, 5) is 22.8. The first-order valence-corrected chi connectivity index (χ1v) is 6.35. The number of halogens is 1. The minimum absolute atomic E-state index is 0.0890. The van der Waals surface area contributed by atoms with Crippen molar-refractivity contribution in [3.63, 3.8) is 0 Å². The summed E-state index contributed by atoms with van der Waals surface area (Å²) in [6.45, 7) is 1.86. The number of nitrogens with zero attached hydrogens (tertiary/aromatic N) is 1. The number of hydrogen-bond acceptors (Lipinski definition) is 4. The zero-order chi connectivity index (χ0) is 14.0. The highest BCUT2D eigenvalue weighted by molar-refractivity contribution is 7.07. The van der Waals surface area contributed by atoms with E-state index in [1.165, 1.54) is 22.8 Å². The number of nitrogen functional groups attached to an aromatic ring is 1. The van der Waals surface area contributed by atoms with E-state index in [1.54, 1.807) is 12.3 Å². The number of carbonyl (C=O) groups excluding carboxylic acids is 1. The fourth-order valence-electron chi connectivity index (χ4n) is 1.69. The second-order valence-corrected chi connectivity index (χ2v) is 4.83. The van der Waals surface area contributed by atoms with Gasteiger partial charge in [-0.15, -0.1) is 0 Å². The lowest BCUT2D eigenvalue weighted by atomic mass is 10.1. The zero-order valence-corrected chi connectivity index (χ0v) is 11.0. The Labute approximate surface area is 112 Å². The van der Waals surface area contributed by atoms with Gasteiger partial charge < -0.3 is 0 Å². The minimum Gasteiger partial charge on any atom is -0.299 e. The van der Waals surface area contributed by atoms with Gasteiger partial charge in [-0.25, -0.2) is 10.2 Å². The minimum atomic E-state index is -0.504. The number of carbonyl (C=O) groups is 1. The monoisotopic (exact) mass is 281 g/mol. The van der Waals surface area contributed by atoms with Crippen molar-refractivity contribution in [2.24, 2.45) is 5.84 Å². The molecule has 100 valence electrons. The van der Waals surface area contributed by atoms with Gasteiger partial charge in [-0.3, -0.25) is 19.6 Å². The molecule has 0 aliphatic carbocycles. The van der Waals surface area contributed by atoms with E-state index in [4.69, 9.17) is 5.84 Å². The molecule has 1 aromatic heterocycles. The van der Waals surface area contributed by atoms with E-state index >= 15 is 0 Å². The van der Waals surface area contributed by atoms with Crippen molar-refractivity contribution < 1.29 is 9.18 Å². The van der Waals surface area contributed by atoms with Crippen LogP contribution in [0, 0.1) is 12.7 Å². The van der Waals surface area contributed by atoms with Gasteiger partial charge in [0, 0.05) is 22.2 Å². The van der Waals surface area contributed by atoms with Crippen molar-refractivity contribution in [3.8, 4) is 0 Å². The second-order valence-electron chi connectivity index (χ2n) is 4.01. The molecule has 0 unspecified atom stereocenters. The molecule has 2 rings (SSSR count). The van der Waals surface area contributed by atoms with Crippen LogP contribution < -0.4 is 16.1 Å². The van der Waals surface area contributed by atoms with Crippen LogP contribution in [0.5, 0.6) is 0 Å². The van der Waals surface area contributed by atoms with Crippen molar-refractivity contribution >= 4 is 17.2 Å². The molecular weight excluding hydrogens is 269 g/mol. The lowest BCUT2D eigenvalue weighted by molar-refractivity contribution is 0.0953. The van der Waals surface area contributed by atoms with Gasteiger partial charge in [0.25, 0.3) is 5.91 Å². The molecule has 1 amide bonds. The highest BCUT2D eigenvalue weighted by atomic mass is 32.1. The lowest BCUT2D eigenvalue weighted by Gasteiger charge is -2.08. The molecule has 0 bridgehead atoms. The average molecular weight is 281 g/mol. The van der Waals surface area contributed by atoms with E-state index < -0.39 is 11.7 Å². The Morgan fingerprint density at radius 2 is 2.26 bits per heavy atom. The Hall–Kier alpha value is -1.99. The van der Waals surface area contributed by atoms with E-state index in [2.05, 4.69) is 0 Å². The third-order valence-electron chi connectivity index (χ3n) is 2.74. The van der Waals surface area contributed by atoms with Crippen LogP contribution in [-0.4, -0.2) is 10.5 Å². The van der Waals surface area contributed by atoms with E-state index in [9.17, 15) is 14.0 Å². The van der Waals surface area contributed by atoms with Gasteiger partial charge in [-0.05, 0) is 25.1 Å². The molecule has 5 nitrogen and oxygen atoms in total. The van der Waals surface area contributed by atoms with Crippen molar-refractivity contribution in [2.75, 3.05) is 0 Å². The van der Waals surface area contributed by atoms with E-state index in [0.717, 1.165) is 17.0 Å². The molecule has 0 aliphatic heterocycles. The van der Waals surface area contributed by atoms with Crippen molar-refractivity contribution in [1.82, 2.24) is 9.99 Å². The van der Waals surface area contributed by atoms with Crippen LogP contribution in [0.4, 0.5) is 4.39 Å². The molecule has 0 radical (unpaired) electrons. The summed E-state index contributed by atoms with van der Waals surface area (Å²) in [7, 11) is 0. The van der Waals surface area contributed by atoms with E-state index in [1.807, 2.05) is 5.43 Å². The third kappa shape index (κ3) is 2.72. The van der Waals surface area contributed by atoms with Crippen LogP contribution in [0.3, 0.4) is 0 Å². The van der Waals surface area contributed by atoms with Crippen molar-refractivity contribution in [2.45, 2.75) is 13.5 Å². The molecule has 0 fully saturated rings. The number of nitrogens with one attached hydrogen (secondary N) is 1. The van der Waals surface area contributed by atoms with Gasteiger partial charge in [0.15, 0.2) is 0 Å². The van der Waals surface area contributed by atoms with Crippen LogP contribution in [0.15, 0.2) is 28.4 Å². The van der Waals surface area contributed by atoms with Gasteiger partial charge in [0.2, 0.25) is 0 Å². The van der Waals surface area contributed by atoms with E-state index in [0.29, 0.717) is 0 Å². The number of hydrogen-bond donors (Lipinski definition) is 2. The van der Waals surface area contributed by atoms with Gasteiger partial charge in [-0.1, -0.05) is 11.3 Å². The van der Waals surface area contributed by atoms with E-state index in [-0.39, 0.29) is 22.5 Å². The highest BCUT2D eigenvalue weighted by Gasteiger charge is 2.11. The number of hydrazine groups is 1. The predicted octanol–water partition coefficient (Wildman–Crippen LogP) is 1.01. The fourth-order valence-corrected chi connectivity index (χ4v) is 2.42. The lowest BCUT2D eigenvalue weighted by Crippen LogP contribution is -2.30. The summed E-state index contributed by atoms with van der Waals surface area (Å²) in [6, 6.07) is 3.91. The number of nitrogens with two attached hydrogens (primary N) is 1. The number of thiazole rings is 1. The first-order chi connectivity index (χ1) is 9.02. The first-order valence-electron chi connectivity index (χ1n) is 5.47. The van der Waals surface area contributed by atoms with Gasteiger partial charge in [-0.2, -0.15) is 0 Å². The summed E-state index contributed by atoms with van der Waals surface area (Å²) >= 11 is 1.06. The molecule has 1 heterocycles. The number of aryl methyl sites for hydroxylation is 1. The van der Waals surface area contributed by atoms with Crippen molar-refractivity contribution in [3.05, 3.63) is 55.9 Å². The number of rotatable bonds is 3. The molecule has 3 N–H and O–H groups in total. The Morgan fingerprint density at radius 1 is 1.53 bits per heavy atom. The fraction of sp³-hybridized carbons (Fsp3) is 0.167. The molecule has 2 aromatic rings. The summed E-state index contributed by atoms with van der Waals surface area (Å²) in [5.41, 5.74) is 3.25. The van der Waals surface area contributed by atoms with Gasteiger partial charge in [0.1, 0.15) is 5.82 Å². The van der Waals surface area contributed by atoms with Crippen LogP contribution >= 0.6 is 11.3 Å². The Kier molecular flexibility index (Phi) is 3.77. The number of aromatic nitrogens is 1. The molecule has 7 heteroatoms. The number of amides is 1. The van der Waals surface area contributed by atoms with Gasteiger partial charge in [0.05, 0.1) is 6.54 Å². The smallest absolute Gasteiger partial charge is 0.299 e. The Bertz CT molecular complexity index is 678. The molecule has 1 aromatic carbocycles. The summed E-state index contributed by atoms with van der Waals surface area (Å²) in [5, 5.41) is 1.71. The Morgan fingerprint density at radius 3 is 2.84 bits per heavy atom. The highest BCUT2D eigenvalue weighted by Crippen LogP contribution is 2.13. The average Bonchev–Trinajstić information content (AvgIpc) is 2.72. The maximum atomic E-state index is 13.7.